The Labute approximate surface area is 186 Å². The van der Waals surface area contributed by atoms with E-state index in [9.17, 15) is 9.59 Å². The van der Waals surface area contributed by atoms with Gasteiger partial charge in [-0.15, -0.1) is 46.1 Å². The summed E-state index contributed by atoms with van der Waals surface area (Å²) in [5.74, 6) is 0.187. The summed E-state index contributed by atoms with van der Waals surface area (Å²) in [5, 5.41) is 2.87. The molecule has 2 heterocycles. The third kappa shape index (κ3) is 5.97. The number of halogens is 3. The van der Waals surface area contributed by atoms with Gasteiger partial charge in [-0.2, -0.15) is 0 Å². The van der Waals surface area contributed by atoms with Gasteiger partial charge in [-0.25, -0.2) is 4.98 Å². The van der Waals surface area contributed by atoms with Gasteiger partial charge >= 0.3 is 0 Å². The van der Waals surface area contributed by atoms with Crippen LogP contribution in [0.5, 0.6) is 0 Å². The molecule has 1 aliphatic rings. The molecule has 158 valence electrons. The van der Waals surface area contributed by atoms with Crippen molar-refractivity contribution < 1.29 is 9.59 Å². The maximum absolute atomic E-state index is 13.5. The van der Waals surface area contributed by atoms with Gasteiger partial charge in [-0.1, -0.05) is 13.8 Å². The van der Waals surface area contributed by atoms with Gasteiger partial charge in [0.1, 0.15) is 15.9 Å². The fourth-order valence-electron chi connectivity index (χ4n) is 3.43. The van der Waals surface area contributed by atoms with Gasteiger partial charge in [0, 0.05) is 37.5 Å². The number of nitrogens with zero attached hydrogens (tertiary/aromatic N) is 3. The number of alkyl halides is 3. The third-order valence-corrected chi connectivity index (χ3v) is 7.50. The van der Waals surface area contributed by atoms with Crippen molar-refractivity contribution in [3.05, 3.63) is 16.6 Å². The van der Waals surface area contributed by atoms with E-state index in [2.05, 4.69) is 4.98 Å². The van der Waals surface area contributed by atoms with E-state index in [-0.39, 0.29) is 36.1 Å². The van der Waals surface area contributed by atoms with Crippen LogP contribution in [0.15, 0.2) is 11.6 Å². The van der Waals surface area contributed by atoms with Crippen LogP contribution in [0.1, 0.15) is 50.6 Å². The highest BCUT2D eigenvalue weighted by Crippen LogP contribution is 2.34. The molecule has 1 aromatic rings. The van der Waals surface area contributed by atoms with Gasteiger partial charge in [0.2, 0.25) is 11.8 Å². The van der Waals surface area contributed by atoms with Gasteiger partial charge in [0.15, 0.2) is 0 Å². The number of hydrogen-bond acceptors (Lipinski definition) is 4. The number of carbonyl (C=O) groups is 2. The van der Waals surface area contributed by atoms with Gasteiger partial charge in [0.25, 0.3) is 0 Å². The minimum absolute atomic E-state index is 0.0150. The SMILES string of the molecule is C[C@H](CCl)C[C@@H](C(=O)N1CCC[C@@H]1c1nccs1)N(C)C(=O)C[C@@H](C)C(Cl)Cl. The predicted octanol–water partition coefficient (Wildman–Crippen LogP) is 4.73. The number of rotatable bonds is 9. The molecule has 1 fully saturated rings. The predicted molar refractivity (Wildman–Crippen MR) is 116 cm³/mol. The molecule has 0 saturated carbocycles. The van der Waals surface area contributed by atoms with Crippen molar-refractivity contribution >= 4 is 58.0 Å². The first-order valence-corrected chi connectivity index (χ1v) is 11.8. The number of likely N-dealkylation sites (N-methyl/N-ethyl adjacent to an activating group) is 1. The second kappa shape index (κ2) is 11.0. The van der Waals surface area contributed by atoms with E-state index in [0.717, 1.165) is 17.8 Å². The monoisotopic (exact) mass is 467 g/mol. The molecule has 2 rings (SSSR count). The summed E-state index contributed by atoms with van der Waals surface area (Å²) in [7, 11) is 1.69. The second-order valence-corrected chi connectivity index (χ2v) is 9.99. The molecule has 2 amide bonds. The normalized spacial score (nSPS) is 20.2. The van der Waals surface area contributed by atoms with Crippen LogP contribution in [0.2, 0.25) is 0 Å². The van der Waals surface area contributed by atoms with E-state index >= 15 is 0 Å². The Kier molecular flexibility index (Phi) is 9.32. The van der Waals surface area contributed by atoms with Crippen LogP contribution in [-0.2, 0) is 9.59 Å². The average molecular weight is 469 g/mol. The zero-order chi connectivity index (χ0) is 20.8. The molecule has 0 spiro atoms. The zero-order valence-electron chi connectivity index (χ0n) is 16.5. The molecule has 0 bridgehead atoms. The Morgan fingerprint density at radius 1 is 1.39 bits per heavy atom. The zero-order valence-corrected chi connectivity index (χ0v) is 19.6. The van der Waals surface area contributed by atoms with Crippen LogP contribution in [-0.4, -0.2) is 56.9 Å². The first-order chi connectivity index (χ1) is 13.3. The van der Waals surface area contributed by atoms with Crippen LogP contribution < -0.4 is 0 Å². The molecule has 0 N–H and O–H groups in total. The highest BCUT2D eigenvalue weighted by atomic mass is 35.5. The fourth-order valence-corrected chi connectivity index (χ4v) is 4.52. The molecule has 5 nitrogen and oxygen atoms in total. The van der Waals surface area contributed by atoms with Crippen LogP contribution in [0.3, 0.4) is 0 Å². The summed E-state index contributed by atoms with van der Waals surface area (Å²) in [6.45, 7) is 4.50. The molecule has 1 aliphatic heterocycles. The summed E-state index contributed by atoms with van der Waals surface area (Å²) in [6, 6.07) is -0.572. The largest absolute Gasteiger partial charge is 0.334 e. The highest BCUT2D eigenvalue weighted by molar-refractivity contribution is 7.09. The fraction of sp³-hybridized carbons (Fsp3) is 0.737. The molecule has 1 aromatic heterocycles. The van der Waals surface area contributed by atoms with E-state index in [4.69, 9.17) is 34.8 Å². The highest BCUT2D eigenvalue weighted by Gasteiger charge is 2.38. The van der Waals surface area contributed by atoms with E-state index in [1.54, 1.807) is 29.5 Å². The third-order valence-electron chi connectivity index (χ3n) is 5.23. The minimum Gasteiger partial charge on any atom is -0.334 e. The van der Waals surface area contributed by atoms with Crippen molar-refractivity contribution in [3.63, 3.8) is 0 Å². The van der Waals surface area contributed by atoms with Crippen molar-refractivity contribution in [1.82, 2.24) is 14.8 Å². The Morgan fingerprint density at radius 3 is 2.68 bits per heavy atom. The molecule has 0 radical (unpaired) electrons. The second-order valence-electron chi connectivity index (χ2n) is 7.59. The van der Waals surface area contributed by atoms with E-state index in [1.165, 1.54) is 0 Å². The first kappa shape index (κ1) is 23.7. The van der Waals surface area contributed by atoms with Crippen molar-refractivity contribution in [2.75, 3.05) is 19.5 Å². The number of likely N-dealkylation sites (tertiary alicyclic amines) is 1. The maximum Gasteiger partial charge on any atom is 0.245 e. The number of hydrogen-bond donors (Lipinski definition) is 0. The number of aromatic nitrogens is 1. The van der Waals surface area contributed by atoms with Gasteiger partial charge in [-0.3, -0.25) is 9.59 Å². The average Bonchev–Trinajstić information content (AvgIpc) is 3.35. The maximum atomic E-state index is 13.5. The molecular weight excluding hydrogens is 441 g/mol. The van der Waals surface area contributed by atoms with Crippen molar-refractivity contribution in [1.29, 1.82) is 0 Å². The number of thiazole rings is 1. The summed E-state index contributed by atoms with van der Waals surface area (Å²) in [6.07, 6.45) is 4.31. The van der Waals surface area contributed by atoms with E-state index in [0.29, 0.717) is 18.8 Å². The van der Waals surface area contributed by atoms with Crippen LogP contribution >= 0.6 is 46.1 Å². The lowest BCUT2D eigenvalue weighted by Gasteiger charge is -2.34. The summed E-state index contributed by atoms with van der Waals surface area (Å²) in [5.41, 5.74) is 0. The molecule has 0 unspecified atom stereocenters. The Hall–Kier alpha value is -0.560. The molecule has 1 saturated heterocycles. The van der Waals surface area contributed by atoms with E-state index in [1.807, 2.05) is 24.1 Å². The number of carbonyl (C=O) groups excluding carboxylic acids is 2. The first-order valence-electron chi connectivity index (χ1n) is 9.55. The molecular formula is C19H28Cl3N3O2S. The van der Waals surface area contributed by atoms with Gasteiger partial charge < -0.3 is 9.80 Å². The van der Waals surface area contributed by atoms with Crippen molar-refractivity contribution in [3.8, 4) is 0 Å². The topological polar surface area (TPSA) is 53.5 Å². The quantitative estimate of drug-likeness (QED) is 0.492. The Morgan fingerprint density at radius 2 is 2.11 bits per heavy atom. The standard InChI is InChI=1S/C19H28Cl3N3O2S/c1-12(11-20)9-15(24(3)16(26)10-13(2)17(21)22)19(27)25-7-4-5-14(25)18-23-6-8-28-18/h6,8,12-15,17H,4-5,7,9-11H2,1-3H3/t12-,13+,14+,15-/m0/s1. The number of amides is 2. The lowest BCUT2D eigenvalue weighted by molar-refractivity contribution is -0.146. The minimum atomic E-state index is -0.624. The Bertz CT molecular complexity index is 644. The molecule has 9 heteroatoms. The van der Waals surface area contributed by atoms with Crippen molar-refractivity contribution in [2.45, 2.75) is 56.5 Å². The Balaban J connectivity index is 2.19. The lowest BCUT2D eigenvalue weighted by atomic mass is 9.99. The van der Waals surface area contributed by atoms with Gasteiger partial charge in [-0.05, 0) is 31.1 Å². The summed E-state index contributed by atoms with van der Waals surface area (Å²) >= 11 is 19.4. The summed E-state index contributed by atoms with van der Waals surface area (Å²) in [4.78, 5) is 33.5. The van der Waals surface area contributed by atoms with Gasteiger partial charge in [0.05, 0.1) is 6.04 Å². The van der Waals surface area contributed by atoms with Crippen LogP contribution in [0.25, 0.3) is 0 Å². The molecule has 4 atom stereocenters. The smallest absolute Gasteiger partial charge is 0.245 e. The van der Waals surface area contributed by atoms with Crippen LogP contribution in [0, 0.1) is 11.8 Å². The molecule has 0 aliphatic carbocycles. The molecule has 0 aromatic carbocycles. The van der Waals surface area contributed by atoms with Crippen molar-refractivity contribution in [2.24, 2.45) is 11.8 Å². The molecule has 28 heavy (non-hydrogen) atoms. The lowest BCUT2D eigenvalue weighted by Crippen LogP contribution is -2.50. The summed E-state index contributed by atoms with van der Waals surface area (Å²) < 4.78 is 0. The van der Waals surface area contributed by atoms with E-state index < -0.39 is 10.9 Å². The van der Waals surface area contributed by atoms with Crippen LogP contribution in [0.4, 0.5) is 0 Å².